The molecule has 0 amide bonds. The van der Waals surface area contributed by atoms with Gasteiger partial charge < -0.3 is 14.5 Å². The van der Waals surface area contributed by atoms with Gasteiger partial charge in [0.2, 0.25) is 10.0 Å². The zero-order valence-corrected chi connectivity index (χ0v) is 19.3. The molecule has 0 aliphatic heterocycles. The maximum Gasteiger partial charge on any atom is 0.487 e. The van der Waals surface area contributed by atoms with Crippen molar-refractivity contribution in [2.45, 2.75) is 23.8 Å². The lowest BCUT2D eigenvalue weighted by Crippen LogP contribution is -2.26. The van der Waals surface area contributed by atoms with Crippen molar-refractivity contribution < 1.29 is 26.7 Å². The number of alkyl halides is 3. The second-order valence-corrected chi connectivity index (χ2v) is 9.54. The normalized spacial score (nSPS) is 12.4. The van der Waals surface area contributed by atoms with Crippen molar-refractivity contribution in [3.8, 4) is 11.5 Å². The fraction of sp³-hybridized carbons (Fsp3) is 0.263. The van der Waals surface area contributed by atoms with Crippen molar-refractivity contribution in [2.75, 3.05) is 13.7 Å². The topological polar surface area (TPSA) is 80.4 Å². The predicted molar refractivity (Wildman–Crippen MR) is 116 cm³/mol. The molecule has 6 nitrogen and oxygen atoms in total. The SMILES string of the molecule is COc1cc(Cl)c(S(=O)(=O)NCCc2c(C)[nH]c3ccc(OC(F)(F)Cl)cc23)cc1Cl. The molecule has 2 aromatic carbocycles. The minimum absolute atomic E-state index is 0.0207. The summed E-state index contributed by atoms with van der Waals surface area (Å²) in [5.74, 6) is 0.133. The number of benzene rings is 2. The minimum Gasteiger partial charge on any atom is -0.495 e. The number of nitrogens with one attached hydrogen (secondary N) is 2. The van der Waals surface area contributed by atoms with E-state index in [2.05, 4.69) is 14.4 Å². The number of hydrogen-bond donors (Lipinski definition) is 2. The number of methoxy groups -OCH3 is 1. The molecule has 1 aromatic heterocycles. The van der Waals surface area contributed by atoms with Crippen LogP contribution in [0.4, 0.5) is 8.78 Å². The van der Waals surface area contributed by atoms with Gasteiger partial charge in [-0.15, -0.1) is 8.78 Å². The van der Waals surface area contributed by atoms with E-state index in [0.29, 0.717) is 10.9 Å². The van der Waals surface area contributed by atoms with Crippen LogP contribution < -0.4 is 14.2 Å². The Morgan fingerprint density at radius 3 is 2.52 bits per heavy atom. The zero-order chi connectivity index (χ0) is 23.0. The predicted octanol–water partition coefficient (Wildman–Crippen LogP) is 5.48. The van der Waals surface area contributed by atoms with E-state index < -0.39 is 15.6 Å². The smallest absolute Gasteiger partial charge is 0.487 e. The van der Waals surface area contributed by atoms with Crippen LogP contribution in [0.5, 0.6) is 11.5 Å². The first kappa shape index (κ1) is 23.9. The van der Waals surface area contributed by atoms with E-state index in [1.54, 1.807) is 13.0 Å². The summed E-state index contributed by atoms with van der Waals surface area (Å²) < 4.78 is 63.1. The molecular weight excluding hydrogens is 497 g/mol. The molecule has 0 spiro atoms. The van der Waals surface area contributed by atoms with Gasteiger partial charge in [0.15, 0.2) is 0 Å². The molecule has 3 aromatic rings. The van der Waals surface area contributed by atoms with Gasteiger partial charge in [0, 0.05) is 40.8 Å². The van der Waals surface area contributed by atoms with Gasteiger partial charge in [-0.2, -0.15) is 0 Å². The van der Waals surface area contributed by atoms with Crippen LogP contribution >= 0.6 is 34.8 Å². The summed E-state index contributed by atoms with van der Waals surface area (Å²) in [6.07, 6.45) is 0.271. The van der Waals surface area contributed by atoms with Gasteiger partial charge in [-0.05, 0) is 43.2 Å². The molecule has 168 valence electrons. The molecule has 12 heteroatoms. The summed E-state index contributed by atoms with van der Waals surface area (Å²) in [7, 11) is -2.58. The van der Waals surface area contributed by atoms with Gasteiger partial charge in [0.05, 0.1) is 17.2 Å². The van der Waals surface area contributed by atoms with Gasteiger partial charge >= 0.3 is 5.57 Å². The molecule has 3 rings (SSSR count). The lowest BCUT2D eigenvalue weighted by atomic mass is 10.1. The van der Waals surface area contributed by atoms with Crippen molar-refractivity contribution in [1.82, 2.24) is 9.71 Å². The molecule has 1 heterocycles. The molecule has 2 N–H and O–H groups in total. The lowest BCUT2D eigenvalue weighted by molar-refractivity contribution is -0.0964. The summed E-state index contributed by atoms with van der Waals surface area (Å²) in [5.41, 5.74) is -1.66. The second kappa shape index (κ2) is 8.99. The highest BCUT2D eigenvalue weighted by Gasteiger charge is 2.28. The van der Waals surface area contributed by atoms with E-state index in [0.717, 1.165) is 11.3 Å². The van der Waals surface area contributed by atoms with Gasteiger partial charge in [-0.25, -0.2) is 13.1 Å². The fourth-order valence-electron chi connectivity index (χ4n) is 3.14. The summed E-state index contributed by atoms with van der Waals surface area (Å²) in [6.45, 7) is 1.81. The molecule has 0 bridgehead atoms. The standard InChI is InChI=1S/C19H17Cl3F2N2O4S/c1-10-12(13-7-11(30-19(22,23)24)3-4-16(13)26-10)5-6-25-31(27,28)18-9-14(20)17(29-2)8-15(18)21/h3-4,7-9,25-26H,5-6H2,1-2H3. The third-order valence-electron chi connectivity index (χ3n) is 4.49. The maximum atomic E-state index is 12.9. The fourth-order valence-corrected chi connectivity index (χ4v) is 5.11. The Bertz CT molecular complexity index is 1230. The van der Waals surface area contributed by atoms with E-state index in [1.165, 1.54) is 31.4 Å². The van der Waals surface area contributed by atoms with E-state index >= 15 is 0 Å². The van der Waals surface area contributed by atoms with Crippen LogP contribution in [0.15, 0.2) is 35.2 Å². The number of ether oxygens (including phenoxy) is 2. The first-order valence-corrected chi connectivity index (χ1v) is 11.4. The maximum absolute atomic E-state index is 12.9. The molecule has 0 aliphatic carbocycles. The Hall–Kier alpha value is -1.78. The number of aromatic amines is 1. The molecule has 0 aliphatic rings. The number of halogens is 5. The van der Waals surface area contributed by atoms with Crippen molar-refractivity contribution >= 4 is 55.7 Å². The number of H-pyrrole nitrogens is 1. The third-order valence-corrected chi connectivity index (χ3v) is 6.79. The van der Waals surface area contributed by atoms with Crippen LogP contribution in [0.25, 0.3) is 10.9 Å². The monoisotopic (exact) mass is 512 g/mol. The Morgan fingerprint density at radius 2 is 1.87 bits per heavy atom. The third kappa shape index (κ3) is 5.53. The molecule has 0 fully saturated rings. The van der Waals surface area contributed by atoms with Gasteiger partial charge in [0.1, 0.15) is 16.4 Å². The molecular formula is C19H17Cl3F2N2O4S. The Labute approximate surface area is 192 Å². The van der Waals surface area contributed by atoms with Gasteiger partial charge in [-0.1, -0.05) is 23.2 Å². The average Bonchev–Trinajstić information content (AvgIpc) is 2.96. The Balaban J connectivity index is 1.80. The quantitative estimate of drug-likeness (QED) is 0.391. The van der Waals surface area contributed by atoms with Crippen molar-refractivity contribution in [1.29, 1.82) is 0 Å². The number of fused-ring (bicyclic) bond motifs is 1. The van der Waals surface area contributed by atoms with E-state index in [1.807, 2.05) is 0 Å². The molecule has 0 saturated heterocycles. The largest absolute Gasteiger partial charge is 0.495 e. The second-order valence-electron chi connectivity index (χ2n) is 6.55. The van der Waals surface area contributed by atoms with Crippen LogP contribution in [-0.4, -0.2) is 32.6 Å². The van der Waals surface area contributed by atoms with Crippen LogP contribution in [-0.2, 0) is 16.4 Å². The van der Waals surface area contributed by atoms with Gasteiger partial charge in [-0.3, -0.25) is 0 Å². The number of sulfonamides is 1. The highest BCUT2D eigenvalue weighted by Crippen LogP contribution is 2.34. The Kier molecular flexibility index (Phi) is 6.93. The zero-order valence-electron chi connectivity index (χ0n) is 16.2. The van der Waals surface area contributed by atoms with Crippen molar-refractivity contribution in [2.24, 2.45) is 0 Å². The lowest BCUT2D eigenvalue weighted by Gasteiger charge is -2.12. The first-order chi connectivity index (χ1) is 14.4. The average molecular weight is 514 g/mol. The molecule has 0 radical (unpaired) electrons. The highest BCUT2D eigenvalue weighted by molar-refractivity contribution is 7.89. The summed E-state index contributed by atoms with van der Waals surface area (Å²) in [5, 5.41) is 0.671. The van der Waals surface area contributed by atoms with Crippen LogP contribution in [0.2, 0.25) is 10.0 Å². The van der Waals surface area contributed by atoms with Crippen molar-refractivity contribution in [3.63, 3.8) is 0 Å². The van der Waals surface area contributed by atoms with E-state index in [9.17, 15) is 17.2 Å². The first-order valence-electron chi connectivity index (χ1n) is 8.81. The van der Waals surface area contributed by atoms with E-state index in [-0.39, 0.29) is 39.4 Å². The molecule has 0 atom stereocenters. The van der Waals surface area contributed by atoms with Crippen molar-refractivity contribution in [3.05, 3.63) is 51.6 Å². The van der Waals surface area contributed by atoms with Crippen LogP contribution in [0, 0.1) is 6.92 Å². The van der Waals surface area contributed by atoms with Crippen LogP contribution in [0.3, 0.4) is 0 Å². The van der Waals surface area contributed by atoms with Gasteiger partial charge in [0.25, 0.3) is 0 Å². The Morgan fingerprint density at radius 1 is 1.16 bits per heavy atom. The molecule has 0 saturated carbocycles. The summed E-state index contributed by atoms with van der Waals surface area (Å²) in [4.78, 5) is 2.94. The molecule has 31 heavy (non-hydrogen) atoms. The summed E-state index contributed by atoms with van der Waals surface area (Å²) in [6, 6.07) is 6.87. The summed E-state index contributed by atoms with van der Waals surface area (Å²) >= 11 is 16.9. The number of rotatable bonds is 8. The number of aryl methyl sites for hydroxylation is 1. The molecule has 0 unspecified atom stereocenters. The van der Waals surface area contributed by atoms with E-state index in [4.69, 9.17) is 39.5 Å². The number of aromatic nitrogens is 1. The number of hydrogen-bond acceptors (Lipinski definition) is 4. The van der Waals surface area contributed by atoms with Crippen LogP contribution in [0.1, 0.15) is 11.3 Å². The minimum atomic E-state index is -3.96. The highest BCUT2D eigenvalue weighted by atomic mass is 35.5.